The lowest BCUT2D eigenvalue weighted by Crippen LogP contribution is -2.42. The zero-order valence-corrected chi connectivity index (χ0v) is 21.3. The van der Waals surface area contributed by atoms with Crippen LogP contribution in [0.3, 0.4) is 0 Å². The largest absolute Gasteiger partial charge is 0.494 e. The molecular formula is C30H32FNO6. The third-order valence-corrected chi connectivity index (χ3v) is 5.89. The Morgan fingerprint density at radius 2 is 1.42 bits per heavy atom. The van der Waals surface area contributed by atoms with E-state index in [1.165, 1.54) is 31.4 Å². The number of unbranched alkanes of at least 4 members (excludes halogenated alkanes) is 4. The van der Waals surface area contributed by atoms with E-state index >= 15 is 0 Å². The summed E-state index contributed by atoms with van der Waals surface area (Å²) < 4.78 is 24.2. The molecular weight excluding hydrogens is 489 g/mol. The standard InChI is InChI=1S/C30H32FNO6/c1-2-3-4-5-6-19-37-25-17-11-23(12-18-25)30(36)38-26-15-7-21(8-16-26)20-27(29(34)35)32-28(33)22-9-13-24(31)14-10-22/h7-18,27H,2-6,19-20H2,1H3,(H,32,33)(H,34,35)/t27-/m0/s1. The van der Waals surface area contributed by atoms with Gasteiger partial charge in [0.25, 0.3) is 5.91 Å². The van der Waals surface area contributed by atoms with Gasteiger partial charge in [-0.3, -0.25) is 4.79 Å². The van der Waals surface area contributed by atoms with E-state index in [9.17, 15) is 23.9 Å². The van der Waals surface area contributed by atoms with Gasteiger partial charge in [0.2, 0.25) is 0 Å². The molecule has 0 fully saturated rings. The van der Waals surface area contributed by atoms with E-state index in [1.807, 2.05) is 0 Å². The fourth-order valence-electron chi connectivity index (χ4n) is 3.72. The summed E-state index contributed by atoms with van der Waals surface area (Å²) in [4.78, 5) is 36.5. The molecule has 0 aliphatic rings. The van der Waals surface area contributed by atoms with Gasteiger partial charge in [-0.05, 0) is 72.6 Å². The Labute approximate surface area is 221 Å². The van der Waals surface area contributed by atoms with Gasteiger partial charge >= 0.3 is 11.9 Å². The van der Waals surface area contributed by atoms with Crippen LogP contribution in [0.5, 0.6) is 11.5 Å². The number of carbonyl (C=O) groups is 3. The molecule has 0 aromatic heterocycles. The van der Waals surface area contributed by atoms with Gasteiger partial charge in [0.15, 0.2) is 0 Å². The Hall–Kier alpha value is -4.20. The molecule has 0 radical (unpaired) electrons. The molecule has 0 aliphatic heterocycles. The molecule has 1 amide bonds. The first-order valence-corrected chi connectivity index (χ1v) is 12.7. The van der Waals surface area contributed by atoms with Gasteiger partial charge in [-0.2, -0.15) is 0 Å². The SMILES string of the molecule is CCCCCCCOc1ccc(C(=O)Oc2ccc(C[C@H](NC(=O)c3ccc(F)cc3)C(=O)O)cc2)cc1. The summed E-state index contributed by atoms with van der Waals surface area (Å²) in [6.07, 6.45) is 5.79. The fourth-order valence-corrected chi connectivity index (χ4v) is 3.72. The molecule has 0 saturated carbocycles. The van der Waals surface area contributed by atoms with Crippen LogP contribution in [-0.4, -0.2) is 35.6 Å². The van der Waals surface area contributed by atoms with Crippen molar-refractivity contribution in [1.29, 1.82) is 0 Å². The van der Waals surface area contributed by atoms with Crippen molar-refractivity contribution < 1.29 is 33.4 Å². The quantitative estimate of drug-likeness (QED) is 0.157. The zero-order chi connectivity index (χ0) is 27.3. The van der Waals surface area contributed by atoms with E-state index in [-0.39, 0.29) is 12.0 Å². The van der Waals surface area contributed by atoms with E-state index in [1.54, 1.807) is 48.5 Å². The summed E-state index contributed by atoms with van der Waals surface area (Å²) in [7, 11) is 0. The van der Waals surface area contributed by atoms with Gasteiger partial charge in [-0.25, -0.2) is 14.0 Å². The van der Waals surface area contributed by atoms with Crippen LogP contribution in [-0.2, 0) is 11.2 Å². The van der Waals surface area contributed by atoms with Crippen molar-refractivity contribution in [2.75, 3.05) is 6.61 Å². The molecule has 0 saturated heterocycles. The number of carboxylic acids is 1. The number of halogens is 1. The van der Waals surface area contributed by atoms with Crippen molar-refractivity contribution in [1.82, 2.24) is 5.32 Å². The highest BCUT2D eigenvalue weighted by molar-refractivity contribution is 5.96. The van der Waals surface area contributed by atoms with Gasteiger partial charge in [0, 0.05) is 12.0 Å². The van der Waals surface area contributed by atoms with Crippen LogP contribution in [0.2, 0.25) is 0 Å². The summed E-state index contributed by atoms with van der Waals surface area (Å²) in [6.45, 7) is 2.82. The Bertz CT molecular complexity index is 1190. The molecule has 3 rings (SSSR count). The average Bonchev–Trinajstić information content (AvgIpc) is 2.92. The van der Waals surface area contributed by atoms with Gasteiger partial charge in [-0.1, -0.05) is 44.7 Å². The van der Waals surface area contributed by atoms with Crippen molar-refractivity contribution in [2.45, 2.75) is 51.5 Å². The Morgan fingerprint density at radius 3 is 2.05 bits per heavy atom. The number of esters is 1. The first-order chi connectivity index (χ1) is 18.4. The normalized spacial score (nSPS) is 11.4. The molecule has 0 heterocycles. The minimum atomic E-state index is -1.21. The topological polar surface area (TPSA) is 102 Å². The van der Waals surface area contributed by atoms with Crippen LogP contribution in [0.1, 0.15) is 65.3 Å². The van der Waals surface area contributed by atoms with Crippen LogP contribution in [0, 0.1) is 5.82 Å². The lowest BCUT2D eigenvalue weighted by molar-refractivity contribution is -0.139. The third kappa shape index (κ3) is 9.03. The number of rotatable bonds is 14. The van der Waals surface area contributed by atoms with E-state index in [4.69, 9.17) is 9.47 Å². The molecule has 0 aliphatic carbocycles. The van der Waals surface area contributed by atoms with Crippen molar-refractivity contribution in [3.63, 3.8) is 0 Å². The predicted molar refractivity (Wildman–Crippen MR) is 141 cm³/mol. The maximum atomic E-state index is 13.1. The molecule has 0 spiro atoms. The van der Waals surface area contributed by atoms with E-state index < -0.39 is 29.7 Å². The molecule has 7 nitrogen and oxygen atoms in total. The second kappa shape index (κ2) is 14.5. The first kappa shape index (κ1) is 28.4. The van der Waals surface area contributed by atoms with Crippen LogP contribution in [0.15, 0.2) is 72.8 Å². The first-order valence-electron chi connectivity index (χ1n) is 12.7. The van der Waals surface area contributed by atoms with E-state index in [0.717, 1.165) is 25.0 Å². The fraction of sp³-hybridized carbons (Fsp3) is 0.300. The van der Waals surface area contributed by atoms with Crippen molar-refractivity contribution >= 4 is 17.8 Å². The number of carboxylic acid groups (broad SMARTS) is 1. The summed E-state index contributed by atoms with van der Waals surface area (Å²) in [5, 5.41) is 12.0. The number of amides is 1. The highest BCUT2D eigenvalue weighted by Crippen LogP contribution is 2.18. The lowest BCUT2D eigenvalue weighted by Gasteiger charge is -2.15. The third-order valence-electron chi connectivity index (χ3n) is 5.89. The molecule has 8 heteroatoms. The summed E-state index contributed by atoms with van der Waals surface area (Å²) in [5.74, 6) is -1.86. The molecule has 3 aromatic rings. The minimum Gasteiger partial charge on any atom is -0.494 e. The molecule has 3 aromatic carbocycles. The molecule has 38 heavy (non-hydrogen) atoms. The van der Waals surface area contributed by atoms with E-state index in [2.05, 4.69) is 12.2 Å². The smallest absolute Gasteiger partial charge is 0.343 e. The van der Waals surface area contributed by atoms with Crippen LogP contribution >= 0.6 is 0 Å². The average molecular weight is 522 g/mol. The lowest BCUT2D eigenvalue weighted by atomic mass is 10.1. The van der Waals surface area contributed by atoms with Gasteiger partial charge < -0.3 is 19.9 Å². The van der Waals surface area contributed by atoms with Crippen LogP contribution < -0.4 is 14.8 Å². The Morgan fingerprint density at radius 1 is 0.816 bits per heavy atom. The van der Waals surface area contributed by atoms with Crippen LogP contribution in [0.25, 0.3) is 0 Å². The number of aliphatic carboxylic acids is 1. The van der Waals surface area contributed by atoms with E-state index in [0.29, 0.717) is 29.2 Å². The maximum absolute atomic E-state index is 13.1. The summed E-state index contributed by atoms with van der Waals surface area (Å²) in [6, 6.07) is 16.7. The molecule has 0 unspecified atom stereocenters. The summed E-state index contributed by atoms with van der Waals surface area (Å²) >= 11 is 0. The second-order valence-electron chi connectivity index (χ2n) is 8.90. The highest BCUT2D eigenvalue weighted by Gasteiger charge is 2.21. The van der Waals surface area contributed by atoms with Crippen molar-refractivity contribution in [3.8, 4) is 11.5 Å². The number of carbonyl (C=O) groups excluding carboxylic acids is 2. The Balaban J connectivity index is 1.50. The predicted octanol–water partition coefficient (Wildman–Crippen LogP) is 5.82. The molecule has 1 atom stereocenters. The number of ether oxygens (including phenoxy) is 2. The number of nitrogens with one attached hydrogen (secondary N) is 1. The number of hydrogen-bond acceptors (Lipinski definition) is 5. The number of benzene rings is 3. The number of hydrogen-bond donors (Lipinski definition) is 2. The maximum Gasteiger partial charge on any atom is 0.343 e. The zero-order valence-electron chi connectivity index (χ0n) is 21.3. The van der Waals surface area contributed by atoms with Gasteiger partial charge in [0.05, 0.1) is 12.2 Å². The molecule has 200 valence electrons. The monoisotopic (exact) mass is 521 g/mol. The van der Waals surface area contributed by atoms with Crippen molar-refractivity contribution in [2.24, 2.45) is 0 Å². The Kier molecular flexibility index (Phi) is 10.8. The molecule has 0 bridgehead atoms. The highest BCUT2D eigenvalue weighted by atomic mass is 19.1. The van der Waals surface area contributed by atoms with Crippen molar-refractivity contribution in [3.05, 3.63) is 95.3 Å². The van der Waals surface area contributed by atoms with Crippen LogP contribution in [0.4, 0.5) is 4.39 Å². The second-order valence-corrected chi connectivity index (χ2v) is 8.90. The van der Waals surface area contributed by atoms with Gasteiger partial charge in [-0.15, -0.1) is 0 Å². The summed E-state index contributed by atoms with van der Waals surface area (Å²) in [5.41, 5.74) is 1.15. The van der Waals surface area contributed by atoms with Gasteiger partial charge in [0.1, 0.15) is 23.4 Å². The minimum absolute atomic E-state index is 0.0105. The molecule has 2 N–H and O–H groups in total.